The van der Waals surface area contributed by atoms with Crippen LogP contribution in [0.5, 0.6) is 0 Å². The van der Waals surface area contributed by atoms with Crippen LogP contribution in [0.1, 0.15) is 46.5 Å². The minimum atomic E-state index is -0.490. The van der Waals surface area contributed by atoms with Gasteiger partial charge in [0.25, 0.3) is 0 Å². The van der Waals surface area contributed by atoms with E-state index in [1.807, 2.05) is 13.8 Å². The molecule has 0 aliphatic carbocycles. The lowest BCUT2D eigenvalue weighted by molar-refractivity contribution is -0.142. The first-order chi connectivity index (χ1) is 8.48. The van der Waals surface area contributed by atoms with Gasteiger partial charge in [-0.2, -0.15) is 0 Å². The lowest BCUT2D eigenvalue weighted by atomic mass is 9.99. The molecular weight excluding hydrogens is 232 g/mol. The molecule has 5 nitrogen and oxygen atoms in total. The Bertz CT molecular complexity index is 319. The summed E-state index contributed by atoms with van der Waals surface area (Å²) in [5.41, 5.74) is -0.490. The zero-order chi connectivity index (χ0) is 13.8. The molecule has 5 heteroatoms. The van der Waals surface area contributed by atoms with Crippen LogP contribution in [0.25, 0.3) is 0 Å². The highest BCUT2D eigenvalue weighted by Crippen LogP contribution is 2.25. The van der Waals surface area contributed by atoms with Gasteiger partial charge in [0, 0.05) is 6.54 Å². The summed E-state index contributed by atoms with van der Waals surface area (Å²) in [5.74, 6) is -0.185. The number of rotatable bonds is 6. The Morgan fingerprint density at radius 2 is 2.17 bits per heavy atom. The molecule has 1 amide bonds. The summed E-state index contributed by atoms with van der Waals surface area (Å²) in [5, 5.41) is 3.38. The zero-order valence-electron chi connectivity index (χ0n) is 11.8. The fraction of sp³-hybridized carbons (Fsp3) is 0.846. The number of carbonyl (C=O) groups excluding carboxylic acids is 2. The van der Waals surface area contributed by atoms with Crippen molar-refractivity contribution in [2.45, 2.75) is 58.2 Å². The van der Waals surface area contributed by atoms with E-state index >= 15 is 0 Å². The fourth-order valence-corrected chi connectivity index (χ4v) is 2.29. The SMILES string of the molecule is CCCC1NC(C)(CC)C(=O)N1CCC(=O)OC. The number of carbonyl (C=O) groups is 2. The number of nitrogens with zero attached hydrogens (tertiary/aromatic N) is 1. The van der Waals surface area contributed by atoms with Gasteiger partial charge in [-0.05, 0) is 19.8 Å². The first-order valence-electron chi connectivity index (χ1n) is 6.64. The zero-order valence-corrected chi connectivity index (χ0v) is 11.8. The predicted molar refractivity (Wildman–Crippen MR) is 68.9 cm³/mol. The summed E-state index contributed by atoms with van der Waals surface area (Å²) >= 11 is 0. The number of esters is 1. The predicted octanol–water partition coefficient (Wildman–Crippen LogP) is 1.28. The second kappa shape index (κ2) is 6.18. The number of hydrogen-bond acceptors (Lipinski definition) is 4. The van der Waals surface area contributed by atoms with E-state index in [2.05, 4.69) is 17.0 Å². The summed E-state index contributed by atoms with van der Waals surface area (Å²) in [4.78, 5) is 25.3. The van der Waals surface area contributed by atoms with E-state index in [1.54, 1.807) is 4.90 Å². The van der Waals surface area contributed by atoms with Crippen molar-refractivity contribution in [3.8, 4) is 0 Å². The topological polar surface area (TPSA) is 58.6 Å². The summed E-state index contributed by atoms with van der Waals surface area (Å²) in [6.45, 7) is 6.44. The van der Waals surface area contributed by atoms with Crippen molar-refractivity contribution in [3.63, 3.8) is 0 Å². The van der Waals surface area contributed by atoms with Gasteiger partial charge in [0.1, 0.15) is 0 Å². The highest BCUT2D eigenvalue weighted by molar-refractivity contribution is 5.88. The van der Waals surface area contributed by atoms with Crippen LogP contribution in [0.4, 0.5) is 0 Å². The molecule has 1 rings (SSSR count). The van der Waals surface area contributed by atoms with Gasteiger partial charge < -0.3 is 9.64 Å². The first-order valence-corrected chi connectivity index (χ1v) is 6.64. The molecule has 0 radical (unpaired) electrons. The molecule has 1 N–H and O–H groups in total. The van der Waals surface area contributed by atoms with E-state index in [9.17, 15) is 9.59 Å². The molecule has 0 spiro atoms. The third-order valence-electron chi connectivity index (χ3n) is 3.65. The maximum atomic E-state index is 12.4. The summed E-state index contributed by atoms with van der Waals surface area (Å²) < 4.78 is 4.62. The lowest BCUT2D eigenvalue weighted by Gasteiger charge is -2.23. The molecule has 2 unspecified atom stereocenters. The van der Waals surface area contributed by atoms with Crippen LogP contribution in [-0.4, -0.2) is 42.1 Å². The van der Waals surface area contributed by atoms with E-state index in [4.69, 9.17) is 0 Å². The average Bonchev–Trinajstić information content (AvgIpc) is 2.60. The molecule has 0 aromatic heterocycles. The van der Waals surface area contributed by atoms with Crippen molar-refractivity contribution in [2.24, 2.45) is 0 Å². The van der Waals surface area contributed by atoms with Crippen molar-refractivity contribution in [3.05, 3.63) is 0 Å². The van der Waals surface area contributed by atoms with Gasteiger partial charge in [-0.15, -0.1) is 0 Å². The Morgan fingerprint density at radius 1 is 1.50 bits per heavy atom. The summed E-state index contributed by atoms with van der Waals surface area (Å²) in [6.07, 6.45) is 2.95. The Kier molecular flexibility index (Phi) is 5.14. The second-order valence-corrected chi connectivity index (χ2v) is 4.96. The van der Waals surface area contributed by atoms with Crippen LogP contribution in [-0.2, 0) is 14.3 Å². The molecule has 0 aromatic rings. The molecule has 104 valence electrons. The van der Waals surface area contributed by atoms with Gasteiger partial charge in [0.2, 0.25) is 5.91 Å². The molecule has 1 saturated heterocycles. The van der Waals surface area contributed by atoms with Crippen LogP contribution in [0, 0.1) is 0 Å². The number of methoxy groups -OCH3 is 1. The van der Waals surface area contributed by atoms with Crippen molar-refractivity contribution in [1.82, 2.24) is 10.2 Å². The Hall–Kier alpha value is -1.10. The molecule has 1 aliphatic heterocycles. The van der Waals surface area contributed by atoms with E-state index in [-0.39, 0.29) is 24.5 Å². The first kappa shape index (κ1) is 15.0. The monoisotopic (exact) mass is 256 g/mol. The number of hydrogen-bond donors (Lipinski definition) is 1. The van der Waals surface area contributed by atoms with E-state index in [1.165, 1.54) is 7.11 Å². The van der Waals surface area contributed by atoms with E-state index in [0.717, 1.165) is 19.3 Å². The maximum absolute atomic E-state index is 12.4. The van der Waals surface area contributed by atoms with Gasteiger partial charge in [-0.25, -0.2) is 0 Å². The summed E-state index contributed by atoms with van der Waals surface area (Å²) in [6, 6.07) is 0. The van der Waals surface area contributed by atoms with Crippen LogP contribution in [0.3, 0.4) is 0 Å². The van der Waals surface area contributed by atoms with Crippen LogP contribution in [0.2, 0.25) is 0 Å². The molecule has 1 aliphatic rings. The Labute approximate surface area is 109 Å². The van der Waals surface area contributed by atoms with Gasteiger partial charge >= 0.3 is 5.97 Å². The summed E-state index contributed by atoms with van der Waals surface area (Å²) in [7, 11) is 1.37. The molecule has 0 aromatic carbocycles. The minimum Gasteiger partial charge on any atom is -0.469 e. The largest absolute Gasteiger partial charge is 0.469 e. The lowest BCUT2D eigenvalue weighted by Crippen LogP contribution is -2.43. The minimum absolute atomic E-state index is 0.0390. The molecule has 2 atom stereocenters. The fourth-order valence-electron chi connectivity index (χ4n) is 2.29. The van der Waals surface area contributed by atoms with Gasteiger partial charge in [0.15, 0.2) is 0 Å². The molecule has 1 fully saturated rings. The van der Waals surface area contributed by atoms with Crippen molar-refractivity contribution in [2.75, 3.05) is 13.7 Å². The number of nitrogens with one attached hydrogen (secondary N) is 1. The molecule has 0 bridgehead atoms. The standard InChI is InChI=1S/C13H24N2O3/c1-5-7-10-14-13(3,6-2)12(17)15(10)9-8-11(16)18-4/h10,14H,5-9H2,1-4H3. The van der Waals surface area contributed by atoms with Crippen LogP contribution < -0.4 is 5.32 Å². The van der Waals surface area contributed by atoms with Gasteiger partial charge in [-0.1, -0.05) is 20.3 Å². The maximum Gasteiger partial charge on any atom is 0.307 e. The normalized spacial score (nSPS) is 27.7. The highest BCUT2D eigenvalue weighted by atomic mass is 16.5. The van der Waals surface area contributed by atoms with E-state index < -0.39 is 5.54 Å². The van der Waals surface area contributed by atoms with Crippen molar-refractivity contribution < 1.29 is 14.3 Å². The molecule has 0 saturated carbocycles. The van der Waals surface area contributed by atoms with Crippen molar-refractivity contribution >= 4 is 11.9 Å². The van der Waals surface area contributed by atoms with Crippen LogP contribution in [0.15, 0.2) is 0 Å². The third-order valence-corrected chi connectivity index (χ3v) is 3.65. The quantitative estimate of drug-likeness (QED) is 0.727. The third kappa shape index (κ3) is 3.02. The average molecular weight is 256 g/mol. The molecule has 1 heterocycles. The van der Waals surface area contributed by atoms with Crippen molar-refractivity contribution in [1.29, 1.82) is 0 Å². The highest BCUT2D eigenvalue weighted by Gasteiger charge is 2.45. The second-order valence-electron chi connectivity index (χ2n) is 4.96. The smallest absolute Gasteiger partial charge is 0.307 e. The Morgan fingerprint density at radius 3 is 2.67 bits per heavy atom. The number of amides is 1. The molecular formula is C13H24N2O3. The van der Waals surface area contributed by atoms with Crippen LogP contribution >= 0.6 is 0 Å². The Balaban J connectivity index is 2.72. The number of ether oxygens (including phenoxy) is 1. The van der Waals surface area contributed by atoms with E-state index in [0.29, 0.717) is 6.54 Å². The molecule has 18 heavy (non-hydrogen) atoms. The van der Waals surface area contributed by atoms with Gasteiger partial charge in [0.05, 0.1) is 25.2 Å². The van der Waals surface area contributed by atoms with Gasteiger partial charge in [-0.3, -0.25) is 14.9 Å².